The molecule has 0 fully saturated rings. The van der Waals surface area contributed by atoms with Crippen LogP contribution in [-0.4, -0.2) is 12.5 Å². The number of fused-ring (bicyclic) bond motifs is 3. The Morgan fingerprint density at radius 2 is 2.06 bits per heavy atom. The first-order chi connectivity index (χ1) is 8.79. The Bertz CT molecular complexity index is 662. The van der Waals surface area contributed by atoms with E-state index in [-0.39, 0.29) is 12.5 Å². The smallest absolute Gasteiger partial charge is 0.264 e. The summed E-state index contributed by atoms with van der Waals surface area (Å²) in [6, 6.07) is 11.9. The van der Waals surface area contributed by atoms with Crippen molar-refractivity contribution in [1.82, 2.24) is 5.43 Å². The number of amides is 1. The molecule has 1 amide bonds. The summed E-state index contributed by atoms with van der Waals surface area (Å²) in [5.74, 6) is 5.62. The second-order valence-electron chi connectivity index (χ2n) is 4.13. The summed E-state index contributed by atoms with van der Waals surface area (Å²) in [6.45, 7) is 0.244. The summed E-state index contributed by atoms with van der Waals surface area (Å²) < 4.78 is 5.58. The van der Waals surface area contributed by atoms with Crippen LogP contribution in [0, 0.1) is 0 Å². The largest absolute Gasteiger partial charge is 0.488 e. The maximum atomic E-state index is 11.5. The molecule has 2 aromatic carbocycles. The molecule has 1 aliphatic heterocycles. The van der Waals surface area contributed by atoms with Gasteiger partial charge in [0.2, 0.25) is 0 Å². The lowest BCUT2D eigenvalue weighted by Crippen LogP contribution is -2.33. The molecule has 0 bridgehead atoms. The van der Waals surface area contributed by atoms with Crippen LogP contribution in [0.4, 0.5) is 0 Å². The van der Waals surface area contributed by atoms with Crippen molar-refractivity contribution in [3.8, 4) is 5.75 Å². The third-order valence-corrected chi connectivity index (χ3v) is 3.06. The van der Waals surface area contributed by atoms with Crippen LogP contribution < -0.4 is 16.0 Å². The Labute approximate surface area is 104 Å². The van der Waals surface area contributed by atoms with Crippen LogP contribution in [0.5, 0.6) is 5.75 Å². The van der Waals surface area contributed by atoms with Gasteiger partial charge in [-0.15, -0.1) is 0 Å². The molecule has 0 aromatic heterocycles. The molecule has 2 aromatic rings. The molecule has 3 rings (SSSR count). The van der Waals surface area contributed by atoms with Crippen molar-refractivity contribution in [2.45, 2.75) is 0 Å². The molecule has 4 heteroatoms. The van der Waals surface area contributed by atoms with E-state index in [1.165, 1.54) is 0 Å². The Kier molecular flexibility index (Phi) is 2.50. The number of carbonyl (C=O) groups excluding carboxylic acids is 1. The van der Waals surface area contributed by atoms with Crippen LogP contribution in [0.2, 0.25) is 0 Å². The molecular formula is C14H12N2O2. The highest BCUT2D eigenvalue weighted by molar-refractivity contribution is 6.02. The SMILES string of the molecule is NNC(=O)C1=Cc2c(ccc3ccccc23)OC1. The van der Waals surface area contributed by atoms with Crippen LogP contribution in [0.1, 0.15) is 5.56 Å². The van der Waals surface area contributed by atoms with Gasteiger partial charge < -0.3 is 4.74 Å². The first-order valence-corrected chi connectivity index (χ1v) is 5.65. The van der Waals surface area contributed by atoms with Crippen LogP contribution in [0.3, 0.4) is 0 Å². The highest BCUT2D eigenvalue weighted by Crippen LogP contribution is 2.33. The van der Waals surface area contributed by atoms with Crippen molar-refractivity contribution in [3.05, 3.63) is 47.5 Å². The Hall–Kier alpha value is -2.33. The van der Waals surface area contributed by atoms with Gasteiger partial charge in [-0.05, 0) is 22.9 Å². The molecule has 0 unspecified atom stereocenters. The summed E-state index contributed by atoms with van der Waals surface area (Å²) in [7, 11) is 0. The number of benzene rings is 2. The van der Waals surface area contributed by atoms with Crippen LogP contribution in [-0.2, 0) is 4.79 Å². The van der Waals surface area contributed by atoms with Crippen molar-refractivity contribution in [1.29, 1.82) is 0 Å². The zero-order chi connectivity index (χ0) is 12.5. The van der Waals surface area contributed by atoms with Gasteiger partial charge in [-0.3, -0.25) is 10.2 Å². The molecule has 4 nitrogen and oxygen atoms in total. The van der Waals surface area contributed by atoms with Gasteiger partial charge in [0, 0.05) is 5.56 Å². The molecule has 1 heterocycles. The summed E-state index contributed by atoms with van der Waals surface area (Å²) in [5, 5.41) is 2.18. The fourth-order valence-electron chi connectivity index (χ4n) is 2.15. The number of carbonyl (C=O) groups is 1. The van der Waals surface area contributed by atoms with Gasteiger partial charge in [0.1, 0.15) is 12.4 Å². The third kappa shape index (κ3) is 1.63. The monoisotopic (exact) mass is 240 g/mol. The lowest BCUT2D eigenvalue weighted by atomic mass is 9.99. The molecule has 3 N–H and O–H groups in total. The van der Waals surface area contributed by atoms with Gasteiger partial charge in [-0.1, -0.05) is 30.3 Å². The number of hydrazine groups is 1. The van der Waals surface area contributed by atoms with Gasteiger partial charge in [0.15, 0.2) is 0 Å². The number of hydrogen-bond donors (Lipinski definition) is 2. The van der Waals surface area contributed by atoms with E-state index in [0.29, 0.717) is 5.57 Å². The minimum absolute atomic E-state index is 0.244. The topological polar surface area (TPSA) is 64.3 Å². The summed E-state index contributed by atoms with van der Waals surface area (Å²) in [6.07, 6.45) is 1.84. The summed E-state index contributed by atoms with van der Waals surface area (Å²) in [4.78, 5) is 11.5. The molecule has 0 saturated carbocycles. The third-order valence-electron chi connectivity index (χ3n) is 3.06. The fraction of sp³-hybridized carbons (Fsp3) is 0.0714. The van der Waals surface area contributed by atoms with Gasteiger partial charge in [0.25, 0.3) is 5.91 Å². The molecular weight excluding hydrogens is 228 g/mol. The number of rotatable bonds is 1. The van der Waals surface area contributed by atoms with Gasteiger partial charge in [0.05, 0.1) is 5.57 Å². The van der Waals surface area contributed by atoms with Gasteiger partial charge in [-0.2, -0.15) is 0 Å². The van der Waals surface area contributed by atoms with E-state index < -0.39 is 0 Å². The fourth-order valence-corrected chi connectivity index (χ4v) is 2.15. The highest BCUT2D eigenvalue weighted by Gasteiger charge is 2.17. The van der Waals surface area contributed by atoms with Crippen molar-refractivity contribution in [3.63, 3.8) is 0 Å². The Balaban J connectivity index is 2.22. The van der Waals surface area contributed by atoms with E-state index in [2.05, 4.69) is 5.43 Å². The predicted molar refractivity (Wildman–Crippen MR) is 69.8 cm³/mol. The zero-order valence-corrected chi connectivity index (χ0v) is 9.64. The maximum Gasteiger partial charge on any atom is 0.264 e. The van der Waals surface area contributed by atoms with Crippen LogP contribution in [0.15, 0.2) is 42.0 Å². The van der Waals surface area contributed by atoms with E-state index in [0.717, 1.165) is 22.1 Å². The quantitative estimate of drug-likeness (QED) is 0.452. The van der Waals surface area contributed by atoms with Crippen molar-refractivity contribution in [2.75, 3.05) is 6.61 Å². The van der Waals surface area contributed by atoms with Crippen molar-refractivity contribution in [2.24, 2.45) is 5.84 Å². The predicted octanol–water partition coefficient (Wildman–Crippen LogP) is 1.61. The molecule has 18 heavy (non-hydrogen) atoms. The van der Waals surface area contributed by atoms with E-state index in [9.17, 15) is 4.79 Å². The van der Waals surface area contributed by atoms with Crippen molar-refractivity contribution >= 4 is 22.8 Å². The second kappa shape index (κ2) is 4.16. The Morgan fingerprint density at radius 3 is 2.89 bits per heavy atom. The minimum Gasteiger partial charge on any atom is -0.488 e. The van der Waals surface area contributed by atoms with E-state index >= 15 is 0 Å². The second-order valence-corrected chi connectivity index (χ2v) is 4.13. The molecule has 0 spiro atoms. The van der Waals surface area contributed by atoms with E-state index in [1.54, 1.807) is 0 Å². The Morgan fingerprint density at radius 1 is 1.22 bits per heavy atom. The molecule has 0 radical (unpaired) electrons. The number of nitrogens with two attached hydrogens (primary N) is 1. The minimum atomic E-state index is -0.311. The lowest BCUT2D eigenvalue weighted by molar-refractivity contribution is -0.117. The normalized spacial score (nSPS) is 13.5. The average Bonchev–Trinajstić information content (AvgIpc) is 2.45. The van der Waals surface area contributed by atoms with Crippen LogP contribution >= 0.6 is 0 Å². The average molecular weight is 240 g/mol. The van der Waals surface area contributed by atoms with Crippen LogP contribution in [0.25, 0.3) is 16.8 Å². The number of nitrogens with one attached hydrogen (secondary N) is 1. The first-order valence-electron chi connectivity index (χ1n) is 5.65. The molecule has 1 aliphatic rings. The van der Waals surface area contributed by atoms with E-state index in [4.69, 9.17) is 10.6 Å². The standard InChI is InChI=1S/C14H12N2O2/c15-16-14(17)10-7-12-11-4-2-1-3-9(11)5-6-13(12)18-8-10/h1-7H,8,15H2,(H,16,17). The zero-order valence-electron chi connectivity index (χ0n) is 9.64. The van der Waals surface area contributed by atoms with Gasteiger partial charge >= 0.3 is 0 Å². The number of ether oxygens (including phenoxy) is 1. The molecule has 0 aliphatic carbocycles. The van der Waals surface area contributed by atoms with Gasteiger partial charge in [-0.25, -0.2) is 5.84 Å². The van der Waals surface area contributed by atoms with E-state index in [1.807, 2.05) is 42.5 Å². The maximum absolute atomic E-state index is 11.5. The summed E-state index contributed by atoms with van der Waals surface area (Å²) in [5.41, 5.74) is 3.58. The number of hydrogen-bond acceptors (Lipinski definition) is 3. The highest BCUT2D eigenvalue weighted by atomic mass is 16.5. The summed E-state index contributed by atoms with van der Waals surface area (Å²) >= 11 is 0. The lowest BCUT2D eigenvalue weighted by Gasteiger charge is -2.18. The van der Waals surface area contributed by atoms with Crippen molar-refractivity contribution < 1.29 is 9.53 Å². The molecule has 90 valence electrons. The molecule has 0 saturated heterocycles. The first kappa shape index (κ1) is 10.8. The molecule has 0 atom stereocenters.